The number of alkyl halides is 1. The predicted octanol–water partition coefficient (Wildman–Crippen LogP) is 2.27. The van der Waals surface area contributed by atoms with Gasteiger partial charge in [-0.1, -0.05) is 60.7 Å². The lowest BCUT2D eigenvalue weighted by atomic mass is 10.1. The summed E-state index contributed by atoms with van der Waals surface area (Å²) in [5.41, 5.74) is 1.98. The van der Waals surface area contributed by atoms with E-state index in [1.165, 1.54) is 0 Å². The van der Waals surface area contributed by atoms with E-state index >= 15 is 0 Å². The van der Waals surface area contributed by atoms with Crippen LogP contribution in [-0.2, 0) is 22.6 Å². The average molecular weight is 331 g/mol. The minimum Gasteiger partial charge on any atom is -0.350 e. The molecule has 0 unspecified atom stereocenters. The minimum atomic E-state index is -0.646. The highest BCUT2D eigenvalue weighted by Crippen LogP contribution is 2.05. The maximum absolute atomic E-state index is 12.4. The Morgan fingerprint density at radius 3 is 2.04 bits per heavy atom. The van der Waals surface area contributed by atoms with Crippen molar-refractivity contribution in [2.24, 2.45) is 0 Å². The van der Waals surface area contributed by atoms with E-state index in [0.717, 1.165) is 11.1 Å². The summed E-state index contributed by atoms with van der Waals surface area (Å²) in [7, 11) is 0. The topological polar surface area (TPSA) is 58.2 Å². The molecule has 2 aromatic rings. The lowest BCUT2D eigenvalue weighted by Crippen LogP contribution is -2.48. The summed E-state index contributed by atoms with van der Waals surface area (Å²) in [5.74, 6) is -0.754. The summed E-state index contributed by atoms with van der Waals surface area (Å²) in [6.45, 7) is 0.418. The normalized spacial score (nSPS) is 11.5. The van der Waals surface area contributed by atoms with Crippen molar-refractivity contribution >= 4 is 23.4 Å². The van der Waals surface area contributed by atoms with Crippen LogP contribution in [0.25, 0.3) is 0 Å². The van der Waals surface area contributed by atoms with Gasteiger partial charge >= 0.3 is 0 Å². The van der Waals surface area contributed by atoms with E-state index in [2.05, 4.69) is 10.6 Å². The lowest BCUT2D eigenvalue weighted by molar-refractivity contribution is -0.128. The van der Waals surface area contributed by atoms with E-state index in [1.807, 2.05) is 60.7 Å². The van der Waals surface area contributed by atoms with Crippen molar-refractivity contribution in [1.82, 2.24) is 10.6 Å². The Labute approximate surface area is 140 Å². The van der Waals surface area contributed by atoms with Crippen LogP contribution >= 0.6 is 11.6 Å². The number of benzene rings is 2. The zero-order valence-electron chi connectivity index (χ0n) is 12.7. The summed E-state index contributed by atoms with van der Waals surface area (Å²) in [5, 5.41) is 5.52. The van der Waals surface area contributed by atoms with E-state index in [9.17, 15) is 9.59 Å². The van der Waals surface area contributed by atoms with Crippen molar-refractivity contribution in [2.75, 3.05) is 5.88 Å². The summed E-state index contributed by atoms with van der Waals surface area (Å²) < 4.78 is 0. The average Bonchev–Trinajstić information content (AvgIpc) is 2.60. The van der Waals surface area contributed by atoms with Gasteiger partial charge in [-0.2, -0.15) is 0 Å². The van der Waals surface area contributed by atoms with Gasteiger partial charge in [0.25, 0.3) is 0 Å². The van der Waals surface area contributed by atoms with Gasteiger partial charge in [-0.05, 0) is 11.1 Å². The number of hydrogen-bond donors (Lipinski definition) is 2. The zero-order chi connectivity index (χ0) is 16.5. The van der Waals surface area contributed by atoms with Gasteiger partial charge in [0.1, 0.15) is 11.9 Å². The largest absolute Gasteiger partial charge is 0.350 e. The molecule has 0 bridgehead atoms. The van der Waals surface area contributed by atoms with Gasteiger partial charge in [0.2, 0.25) is 11.8 Å². The van der Waals surface area contributed by atoms with Crippen LogP contribution in [0.3, 0.4) is 0 Å². The van der Waals surface area contributed by atoms with Crippen LogP contribution in [0.4, 0.5) is 0 Å². The second-order valence-corrected chi connectivity index (χ2v) is 5.41. The van der Waals surface area contributed by atoms with E-state index in [1.54, 1.807) is 0 Å². The van der Waals surface area contributed by atoms with Crippen LogP contribution in [0, 0.1) is 0 Å². The number of carbonyl (C=O) groups excluding carboxylic acids is 2. The first-order valence-electron chi connectivity index (χ1n) is 7.40. The summed E-state index contributed by atoms with van der Waals surface area (Å²) in [6, 6.07) is 18.5. The quantitative estimate of drug-likeness (QED) is 0.765. The van der Waals surface area contributed by atoms with E-state index in [4.69, 9.17) is 11.6 Å². The molecule has 0 aliphatic carbocycles. The monoisotopic (exact) mass is 330 g/mol. The smallest absolute Gasteiger partial charge is 0.243 e. The number of nitrogens with one attached hydrogen (secondary N) is 2. The maximum Gasteiger partial charge on any atom is 0.243 e. The van der Waals surface area contributed by atoms with Gasteiger partial charge in [0, 0.05) is 13.0 Å². The van der Waals surface area contributed by atoms with Crippen molar-refractivity contribution in [3.05, 3.63) is 71.8 Å². The number of amides is 2. The molecule has 0 fully saturated rings. The molecular formula is C18H19ClN2O2. The standard InChI is InChI=1S/C18H19ClN2O2/c19-12-17(22)21-16(11-14-7-3-1-4-8-14)18(23)20-13-15-9-5-2-6-10-15/h1-10,16H,11-13H2,(H,20,23)(H,21,22)/t16-/m0/s1. The van der Waals surface area contributed by atoms with Gasteiger partial charge in [0.05, 0.1) is 0 Å². The zero-order valence-corrected chi connectivity index (χ0v) is 13.4. The van der Waals surface area contributed by atoms with Crippen LogP contribution in [0.2, 0.25) is 0 Å². The third kappa shape index (κ3) is 5.75. The van der Waals surface area contributed by atoms with Gasteiger partial charge < -0.3 is 10.6 Å². The molecule has 4 nitrogen and oxygen atoms in total. The molecule has 0 aliphatic rings. The van der Waals surface area contributed by atoms with Gasteiger partial charge in [0.15, 0.2) is 0 Å². The molecule has 2 rings (SSSR count). The van der Waals surface area contributed by atoms with Crippen molar-refractivity contribution in [3.63, 3.8) is 0 Å². The first-order chi connectivity index (χ1) is 11.2. The summed E-state index contributed by atoms with van der Waals surface area (Å²) >= 11 is 5.53. The Bertz CT molecular complexity index is 632. The summed E-state index contributed by atoms with van der Waals surface area (Å²) in [6.07, 6.45) is 0.421. The molecule has 5 heteroatoms. The molecule has 0 spiro atoms. The molecule has 0 saturated carbocycles. The first-order valence-corrected chi connectivity index (χ1v) is 7.93. The Balaban J connectivity index is 2.00. The number of carbonyl (C=O) groups is 2. The van der Waals surface area contributed by atoms with E-state index in [-0.39, 0.29) is 17.7 Å². The second kappa shape index (κ2) is 8.96. The van der Waals surface area contributed by atoms with E-state index < -0.39 is 6.04 Å². The Morgan fingerprint density at radius 2 is 1.48 bits per heavy atom. The predicted molar refractivity (Wildman–Crippen MR) is 91.1 cm³/mol. The molecule has 2 aromatic carbocycles. The Morgan fingerprint density at radius 1 is 0.913 bits per heavy atom. The molecule has 1 atom stereocenters. The first kappa shape index (κ1) is 17.0. The fourth-order valence-electron chi connectivity index (χ4n) is 2.20. The molecule has 0 saturated heterocycles. The molecule has 23 heavy (non-hydrogen) atoms. The molecule has 0 radical (unpaired) electrons. The molecule has 0 aromatic heterocycles. The van der Waals surface area contributed by atoms with Crippen LogP contribution in [0.15, 0.2) is 60.7 Å². The second-order valence-electron chi connectivity index (χ2n) is 5.15. The molecule has 0 heterocycles. The molecule has 2 amide bonds. The van der Waals surface area contributed by atoms with Gasteiger partial charge in [-0.3, -0.25) is 9.59 Å². The van der Waals surface area contributed by atoms with Gasteiger partial charge in [-0.25, -0.2) is 0 Å². The minimum absolute atomic E-state index is 0.169. The van der Waals surface area contributed by atoms with Crippen LogP contribution < -0.4 is 10.6 Å². The number of rotatable bonds is 7. The highest BCUT2D eigenvalue weighted by Gasteiger charge is 2.20. The van der Waals surface area contributed by atoms with Crippen molar-refractivity contribution in [2.45, 2.75) is 19.0 Å². The fraction of sp³-hybridized carbons (Fsp3) is 0.222. The third-order valence-electron chi connectivity index (χ3n) is 3.37. The number of hydrogen-bond acceptors (Lipinski definition) is 2. The third-order valence-corrected chi connectivity index (χ3v) is 3.61. The van der Waals surface area contributed by atoms with Crippen molar-refractivity contribution in [1.29, 1.82) is 0 Å². The lowest BCUT2D eigenvalue weighted by Gasteiger charge is -2.18. The molecular weight excluding hydrogens is 312 g/mol. The number of halogens is 1. The highest BCUT2D eigenvalue weighted by atomic mass is 35.5. The SMILES string of the molecule is O=C(CCl)N[C@@H](Cc1ccccc1)C(=O)NCc1ccccc1. The van der Waals surface area contributed by atoms with E-state index in [0.29, 0.717) is 13.0 Å². The highest BCUT2D eigenvalue weighted by molar-refractivity contribution is 6.27. The van der Waals surface area contributed by atoms with Crippen molar-refractivity contribution < 1.29 is 9.59 Å². The molecule has 0 aliphatic heterocycles. The fourth-order valence-corrected chi connectivity index (χ4v) is 2.28. The molecule has 2 N–H and O–H groups in total. The Kier molecular flexibility index (Phi) is 6.63. The van der Waals surface area contributed by atoms with Crippen LogP contribution in [-0.4, -0.2) is 23.7 Å². The van der Waals surface area contributed by atoms with Crippen LogP contribution in [0.1, 0.15) is 11.1 Å². The maximum atomic E-state index is 12.4. The summed E-state index contributed by atoms with van der Waals surface area (Å²) in [4.78, 5) is 24.0. The Hall–Kier alpha value is -2.33. The van der Waals surface area contributed by atoms with Gasteiger partial charge in [-0.15, -0.1) is 11.6 Å². The van der Waals surface area contributed by atoms with Crippen molar-refractivity contribution in [3.8, 4) is 0 Å². The molecule has 120 valence electrons. The van der Waals surface area contributed by atoms with Crippen LogP contribution in [0.5, 0.6) is 0 Å².